The summed E-state index contributed by atoms with van der Waals surface area (Å²) < 4.78 is 4.57. The number of aromatic amines is 1. The molecule has 2 aromatic rings. The number of nitrogens with one attached hydrogen (secondary N) is 1. The van der Waals surface area contributed by atoms with Gasteiger partial charge in [-0.3, -0.25) is 5.10 Å². The Morgan fingerprint density at radius 3 is 3.07 bits per heavy atom. The Morgan fingerprint density at radius 1 is 1.60 bits per heavy atom. The zero-order chi connectivity index (χ0) is 10.8. The van der Waals surface area contributed by atoms with E-state index in [1.807, 2.05) is 6.07 Å². The molecule has 0 spiro atoms. The van der Waals surface area contributed by atoms with Gasteiger partial charge in [0.25, 0.3) is 0 Å². The second-order valence-corrected chi connectivity index (χ2v) is 2.94. The summed E-state index contributed by atoms with van der Waals surface area (Å²) in [5.74, 6) is -0.517. The first-order valence-corrected chi connectivity index (χ1v) is 4.23. The maximum absolute atomic E-state index is 11.3. The van der Waals surface area contributed by atoms with Crippen LogP contribution in [-0.4, -0.2) is 23.3 Å². The fraction of sp³-hybridized carbons (Fsp3) is 0.100. The van der Waals surface area contributed by atoms with Gasteiger partial charge in [0.15, 0.2) is 5.69 Å². The smallest absolute Gasteiger partial charge is 0.359 e. The van der Waals surface area contributed by atoms with Gasteiger partial charge >= 0.3 is 5.97 Å². The molecule has 0 fully saturated rings. The number of ether oxygens (including phenoxy) is 1. The Balaban J connectivity index is 2.67. The van der Waals surface area contributed by atoms with Gasteiger partial charge in [-0.15, -0.1) is 0 Å². The molecule has 5 nitrogen and oxygen atoms in total. The number of rotatable bonds is 1. The van der Waals surface area contributed by atoms with Crippen molar-refractivity contribution >= 4 is 16.9 Å². The maximum Gasteiger partial charge on any atom is 0.359 e. The number of nitrogens with zero attached hydrogens (tertiary/aromatic N) is 2. The van der Waals surface area contributed by atoms with Gasteiger partial charge < -0.3 is 4.74 Å². The third kappa shape index (κ3) is 1.42. The highest BCUT2D eigenvalue weighted by molar-refractivity contribution is 6.02. The van der Waals surface area contributed by atoms with Gasteiger partial charge in [0.05, 0.1) is 24.3 Å². The molecule has 5 heteroatoms. The molecule has 15 heavy (non-hydrogen) atoms. The van der Waals surface area contributed by atoms with E-state index < -0.39 is 5.97 Å². The van der Waals surface area contributed by atoms with Crippen LogP contribution in [0.5, 0.6) is 0 Å². The zero-order valence-electron chi connectivity index (χ0n) is 7.94. The average molecular weight is 201 g/mol. The van der Waals surface area contributed by atoms with Crippen LogP contribution in [0.3, 0.4) is 0 Å². The van der Waals surface area contributed by atoms with Crippen LogP contribution in [0, 0.1) is 11.3 Å². The Hall–Kier alpha value is -2.35. The largest absolute Gasteiger partial charge is 0.464 e. The van der Waals surface area contributed by atoms with E-state index in [0.29, 0.717) is 16.5 Å². The molecule has 0 unspecified atom stereocenters. The van der Waals surface area contributed by atoms with Crippen LogP contribution in [0.1, 0.15) is 16.1 Å². The lowest BCUT2D eigenvalue weighted by Crippen LogP contribution is -2.01. The number of methoxy groups -OCH3 is 1. The van der Waals surface area contributed by atoms with E-state index >= 15 is 0 Å². The van der Waals surface area contributed by atoms with Crippen molar-refractivity contribution in [1.82, 2.24) is 10.2 Å². The fourth-order valence-electron chi connectivity index (χ4n) is 1.34. The molecule has 0 bridgehead atoms. The van der Waals surface area contributed by atoms with Crippen LogP contribution in [0.2, 0.25) is 0 Å². The molecule has 1 heterocycles. The van der Waals surface area contributed by atoms with Crippen molar-refractivity contribution in [3.8, 4) is 6.07 Å². The van der Waals surface area contributed by atoms with E-state index in [-0.39, 0.29) is 5.69 Å². The van der Waals surface area contributed by atoms with Crippen molar-refractivity contribution in [3.63, 3.8) is 0 Å². The van der Waals surface area contributed by atoms with Crippen LogP contribution >= 0.6 is 0 Å². The molecule has 1 aromatic heterocycles. The molecule has 0 saturated carbocycles. The molecule has 1 aromatic carbocycles. The standard InChI is InChI=1S/C10H7N3O2/c1-15-10(14)9-7-4-6(5-11)2-3-8(7)12-13-9/h2-4H,1H3,(H,12,13). The van der Waals surface area contributed by atoms with E-state index in [1.165, 1.54) is 7.11 Å². The second kappa shape index (κ2) is 3.42. The first kappa shape index (κ1) is 9.21. The summed E-state index contributed by atoms with van der Waals surface area (Å²) in [5, 5.41) is 15.8. The van der Waals surface area contributed by atoms with Crippen LogP contribution < -0.4 is 0 Å². The van der Waals surface area contributed by atoms with Crippen molar-refractivity contribution in [2.24, 2.45) is 0 Å². The molecule has 0 saturated heterocycles. The quantitative estimate of drug-likeness (QED) is 0.703. The third-order valence-corrected chi connectivity index (χ3v) is 2.07. The summed E-state index contributed by atoms with van der Waals surface area (Å²) >= 11 is 0. The average Bonchev–Trinajstić information content (AvgIpc) is 2.70. The topological polar surface area (TPSA) is 78.8 Å². The minimum atomic E-state index is -0.517. The van der Waals surface area contributed by atoms with Gasteiger partial charge in [0.2, 0.25) is 0 Å². The number of carbonyl (C=O) groups excluding carboxylic acids is 1. The molecule has 1 N–H and O–H groups in total. The number of hydrogen-bond acceptors (Lipinski definition) is 4. The Labute approximate surface area is 85.3 Å². The summed E-state index contributed by atoms with van der Waals surface area (Å²) in [6.45, 7) is 0. The molecule has 0 aliphatic rings. The minimum absolute atomic E-state index is 0.199. The van der Waals surface area contributed by atoms with Crippen LogP contribution in [0.25, 0.3) is 10.9 Å². The van der Waals surface area contributed by atoms with E-state index in [2.05, 4.69) is 14.9 Å². The van der Waals surface area contributed by atoms with Crippen LogP contribution in [0.4, 0.5) is 0 Å². The lowest BCUT2D eigenvalue weighted by molar-refractivity contribution is 0.0596. The lowest BCUT2D eigenvalue weighted by Gasteiger charge is -1.94. The first-order chi connectivity index (χ1) is 7.26. The van der Waals surface area contributed by atoms with Crippen molar-refractivity contribution in [2.75, 3.05) is 7.11 Å². The summed E-state index contributed by atoms with van der Waals surface area (Å²) in [6, 6.07) is 6.96. The first-order valence-electron chi connectivity index (χ1n) is 4.23. The number of aromatic nitrogens is 2. The molecular formula is C10H7N3O2. The molecular weight excluding hydrogens is 194 g/mol. The van der Waals surface area contributed by atoms with Crippen molar-refractivity contribution in [3.05, 3.63) is 29.5 Å². The number of nitriles is 1. The minimum Gasteiger partial charge on any atom is -0.464 e. The van der Waals surface area contributed by atoms with Crippen LogP contribution in [0.15, 0.2) is 18.2 Å². The number of hydrogen-bond donors (Lipinski definition) is 1. The Bertz CT molecular complexity index is 566. The summed E-state index contributed by atoms with van der Waals surface area (Å²) in [4.78, 5) is 11.3. The second-order valence-electron chi connectivity index (χ2n) is 2.94. The number of fused-ring (bicyclic) bond motifs is 1. The molecule has 0 atom stereocenters. The van der Waals surface area contributed by atoms with Gasteiger partial charge in [-0.2, -0.15) is 10.4 Å². The monoisotopic (exact) mass is 201 g/mol. The molecule has 2 rings (SSSR count). The highest BCUT2D eigenvalue weighted by Gasteiger charge is 2.14. The normalized spacial score (nSPS) is 9.87. The van der Waals surface area contributed by atoms with Gasteiger partial charge in [0.1, 0.15) is 0 Å². The molecule has 0 amide bonds. The van der Waals surface area contributed by atoms with Crippen molar-refractivity contribution in [1.29, 1.82) is 5.26 Å². The molecule has 0 aliphatic heterocycles. The van der Waals surface area contributed by atoms with Crippen LogP contribution in [-0.2, 0) is 4.74 Å². The highest BCUT2D eigenvalue weighted by atomic mass is 16.5. The van der Waals surface area contributed by atoms with Gasteiger partial charge in [-0.1, -0.05) is 0 Å². The maximum atomic E-state index is 11.3. The van der Waals surface area contributed by atoms with Gasteiger partial charge in [-0.05, 0) is 18.2 Å². The van der Waals surface area contributed by atoms with E-state index in [4.69, 9.17) is 5.26 Å². The summed E-state index contributed by atoms with van der Waals surface area (Å²) in [5.41, 5.74) is 1.38. The number of esters is 1. The third-order valence-electron chi connectivity index (χ3n) is 2.07. The van der Waals surface area contributed by atoms with Gasteiger partial charge in [0, 0.05) is 5.39 Å². The van der Waals surface area contributed by atoms with Crippen molar-refractivity contribution in [2.45, 2.75) is 0 Å². The highest BCUT2D eigenvalue weighted by Crippen LogP contribution is 2.17. The predicted octanol–water partition coefficient (Wildman–Crippen LogP) is 1.22. The molecule has 74 valence electrons. The lowest BCUT2D eigenvalue weighted by atomic mass is 10.1. The van der Waals surface area contributed by atoms with E-state index in [0.717, 1.165) is 0 Å². The summed E-state index contributed by atoms with van der Waals surface area (Å²) in [7, 11) is 1.29. The van der Waals surface area contributed by atoms with Gasteiger partial charge in [-0.25, -0.2) is 4.79 Å². The number of benzene rings is 1. The predicted molar refractivity (Wildman–Crippen MR) is 52.1 cm³/mol. The Kier molecular flexibility index (Phi) is 2.10. The fourth-order valence-corrected chi connectivity index (χ4v) is 1.34. The summed E-state index contributed by atoms with van der Waals surface area (Å²) in [6.07, 6.45) is 0. The number of carbonyl (C=O) groups is 1. The van der Waals surface area contributed by atoms with E-state index in [1.54, 1.807) is 18.2 Å². The van der Waals surface area contributed by atoms with E-state index in [9.17, 15) is 4.79 Å². The molecule has 0 radical (unpaired) electrons. The zero-order valence-corrected chi connectivity index (χ0v) is 7.94. The van der Waals surface area contributed by atoms with Crippen molar-refractivity contribution < 1.29 is 9.53 Å². The Morgan fingerprint density at radius 2 is 2.40 bits per heavy atom. The molecule has 0 aliphatic carbocycles. The number of H-pyrrole nitrogens is 1. The SMILES string of the molecule is COC(=O)c1n[nH]c2ccc(C#N)cc12.